The molecule has 6 rings (SSSR count). The number of nitrogens with zero attached hydrogens (tertiary/aromatic N) is 3. The Morgan fingerprint density at radius 2 is 1.71 bits per heavy atom. The fraction of sp³-hybridized carbons (Fsp3) is 0.321. The number of aliphatic hydroxyl groups is 1. The Morgan fingerprint density at radius 3 is 2.34 bits per heavy atom. The highest BCUT2D eigenvalue weighted by Crippen LogP contribution is 2.62. The molecule has 0 saturated heterocycles. The molecule has 196 valence electrons. The number of halogens is 3. The summed E-state index contributed by atoms with van der Waals surface area (Å²) in [5.41, 5.74) is 6.26. The van der Waals surface area contributed by atoms with Crippen LogP contribution >= 0.6 is 0 Å². The largest absolute Gasteiger partial charge is 0.481 e. The number of benzene rings is 2. The van der Waals surface area contributed by atoms with Gasteiger partial charge in [0.1, 0.15) is 28.5 Å². The van der Waals surface area contributed by atoms with Crippen LogP contribution in [0.15, 0.2) is 60.9 Å². The Balaban J connectivity index is 1.34. The van der Waals surface area contributed by atoms with Crippen LogP contribution in [0.25, 0.3) is 16.8 Å². The van der Waals surface area contributed by atoms with Crippen LogP contribution in [-0.4, -0.2) is 30.6 Å². The van der Waals surface area contributed by atoms with Crippen LogP contribution in [0.2, 0.25) is 0 Å². The predicted molar refractivity (Wildman–Crippen MR) is 133 cm³/mol. The second-order valence-corrected chi connectivity index (χ2v) is 10.4. The highest BCUT2D eigenvalue weighted by molar-refractivity contribution is 5.85. The SMILES string of the molecule is C[C@@](O)(c1ccc(-c2nc([C@H]3C[C@@H]4[C@H](C3)[C@H]4C(=O)O)n3ccnc(N)c23)cc1)c1cccc(C(F)(F)F)c1. The predicted octanol–water partition coefficient (Wildman–Crippen LogP) is 5.08. The number of carboxylic acids is 1. The number of nitrogens with two attached hydrogens (primary N) is 1. The maximum atomic E-state index is 13.2. The Morgan fingerprint density at radius 1 is 1.05 bits per heavy atom. The summed E-state index contributed by atoms with van der Waals surface area (Å²) in [7, 11) is 0. The number of aromatic nitrogens is 3. The molecule has 0 radical (unpaired) electrons. The number of aliphatic carboxylic acids is 1. The van der Waals surface area contributed by atoms with Crippen molar-refractivity contribution in [3.8, 4) is 11.3 Å². The van der Waals surface area contributed by atoms with Crippen molar-refractivity contribution < 1.29 is 28.2 Å². The molecule has 2 aromatic heterocycles. The first kappa shape index (κ1) is 24.4. The van der Waals surface area contributed by atoms with Gasteiger partial charge in [-0.2, -0.15) is 13.2 Å². The summed E-state index contributed by atoms with van der Waals surface area (Å²) in [5, 5.41) is 20.6. The molecule has 7 nitrogen and oxygen atoms in total. The molecule has 0 bridgehead atoms. The van der Waals surface area contributed by atoms with Crippen molar-refractivity contribution in [2.45, 2.75) is 37.5 Å². The zero-order valence-corrected chi connectivity index (χ0v) is 20.4. The normalized spacial score (nSPS) is 24.2. The smallest absolute Gasteiger partial charge is 0.416 e. The molecule has 0 aliphatic heterocycles. The minimum atomic E-state index is -4.52. The van der Waals surface area contributed by atoms with Crippen LogP contribution in [0.5, 0.6) is 0 Å². The number of carboxylic acid groups (broad SMARTS) is 1. The van der Waals surface area contributed by atoms with E-state index in [-0.39, 0.29) is 29.2 Å². The zero-order valence-electron chi connectivity index (χ0n) is 20.4. The average Bonchev–Trinajstić information content (AvgIpc) is 3.20. The van der Waals surface area contributed by atoms with E-state index in [1.54, 1.807) is 36.7 Å². The number of hydrogen-bond donors (Lipinski definition) is 3. The highest BCUT2D eigenvalue weighted by atomic mass is 19.4. The molecule has 2 saturated carbocycles. The van der Waals surface area contributed by atoms with Crippen LogP contribution in [0.3, 0.4) is 0 Å². The van der Waals surface area contributed by atoms with Gasteiger partial charge in [-0.1, -0.05) is 36.4 Å². The molecule has 0 unspecified atom stereocenters. The van der Waals surface area contributed by atoms with Gasteiger partial charge in [-0.15, -0.1) is 0 Å². The maximum Gasteiger partial charge on any atom is 0.416 e. The van der Waals surface area contributed by atoms with Crippen molar-refractivity contribution in [3.63, 3.8) is 0 Å². The van der Waals surface area contributed by atoms with E-state index in [1.165, 1.54) is 19.1 Å². The molecular weight excluding hydrogens is 497 g/mol. The van der Waals surface area contributed by atoms with Gasteiger partial charge in [0.2, 0.25) is 0 Å². The average molecular weight is 523 g/mol. The van der Waals surface area contributed by atoms with E-state index in [1.807, 2.05) is 4.40 Å². The molecule has 4 N–H and O–H groups in total. The molecule has 2 aliphatic rings. The number of imidazole rings is 1. The van der Waals surface area contributed by atoms with Crippen LogP contribution < -0.4 is 5.73 Å². The van der Waals surface area contributed by atoms with E-state index < -0.39 is 23.3 Å². The van der Waals surface area contributed by atoms with Gasteiger partial charge in [0.25, 0.3) is 0 Å². The van der Waals surface area contributed by atoms with E-state index in [2.05, 4.69) is 4.98 Å². The summed E-state index contributed by atoms with van der Waals surface area (Å²) in [6.07, 6.45) is 0.381. The van der Waals surface area contributed by atoms with E-state index in [9.17, 15) is 28.2 Å². The fourth-order valence-corrected chi connectivity index (χ4v) is 6.11. The summed E-state index contributed by atoms with van der Waals surface area (Å²) in [4.78, 5) is 20.5. The van der Waals surface area contributed by atoms with E-state index >= 15 is 0 Å². The Labute approximate surface area is 215 Å². The van der Waals surface area contributed by atoms with Crippen molar-refractivity contribution in [1.82, 2.24) is 14.4 Å². The third-order valence-electron chi connectivity index (χ3n) is 8.18. The summed E-state index contributed by atoms with van der Waals surface area (Å²) in [6.45, 7) is 1.46. The first-order chi connectivity index (χ1) is 18.0. The molecule has 2 fully saturated rings. The second kappa shape index (κ2) is 8.29. The lowest BCUT2D eigenvalue weighted by atomic mass is 9.87. The maximum absolute atomic E-state index is 13.2. The van der Waals surface area contributed by atoms with Gasteiger partial charge >= 0.3 is 12.1 Å². The number of anilines is 1. The first-order valence-corrected chi connectivity index (χ1v) is 12.3. The number of alkyl halides is 3. The van der Waals surface area contributed by atoms with Gasteiger partial charge in [-0.05, 0) is 54.9 Å². The van der Waals surface area contributed by atoms with Crippen molar-refractivity contribution in [2.75, 3.05) is 5.73 Å². The molecule has 5 atom stereocenters. The lowest BCUT2D eigenvalue weighted by Gasteiger charge is -2.25. The van der Waals surface area contributed by atoms with Crippen molar-refractivity contribution in [3.05, 3.63) is 83.4 Å². The highest BCUT2D eigenvalue weighted by Gasteiger charge is 2.60. The summed E-state index contributed by atoms with van der Waals surface area (Å²) in [6, 6.07) is 11.5. The quantitative estimate of drug-likeness (QED) is 0.337. The monoisotopic (exact) mass is 522 g/mol. The number of rotatable bonds is 5. The van der Waals surface area contributed by atoms with Crippen LogP contribution in [0.1, 0.15) is 48.2 Å². The van der Waals surface area contributed by atoms with E-state index in [0.29, 0.717) is 28.2 Å². The molecule has 2 aliphatic carbocycles. The molecule has 10 heteroatoms. The Bertz CT molecular complexity index is 1550. The van der Waals surface area contributed by atoms with Gasteiger partial charge in [-0.3, -0.25) is 9.20 Å². The molecule has 4 aromatic rings. The molecule has 0 amide bonds. The van der Waals surface area contributed by atoms with Crippen LogP contribution in [0.4, 0.5) is 19.0 Å². The van der Waals surface area contributed by atoms with Gasteiger partial charge in [0, 0.05) is 23.9 Å². The lowest BCUT2D eigenvalue weighted by Crippen LogP contribution is -2.23. The van der Waals surface area contributed by atoms with E-state index in [0.717, 1.165) is 30.8 Å². The van der Waals surface area contributed by atoms with Crippen molar-refractivity contribution >= 4 is 17.3 Å². The molecule has 2 heterocycles. The van der Waals surface area contributed by atoms with Crippen LogP contribution in [-0.2, 0) is 16.6 Å². The summed E-state index contributed by atoms with van der Waals surface area (Å²) in [5.74, 6) is 0.551. The second-order valence-electron chi connectivity index (χ2n) is 10.4. The van der Waals surface area contributed by atoms with Crippen LogP contribution in [0, 0.1) is 17.8 Å². The van der Waals surface area contributed by atoms with Gasteiger partial charge < -0.3 is 15.9 Å². The fourth-order valence-electron chi connectivity index (χ4n) is 6.11. The van der Waals surface area contributed by atoms with Gasteiger partial charge in [0.05, 0.1) is 11.5 Å². The molecular formula is C28H25F3N4O3. The standard InChI is InChI=1S/C28H25F3N4O3/c1-27(38,17-3-2-4-18(13-17)28(29,30)31)16-7-5-14(6-8-16)22-23-24(32)33-9-10-35(23)25(34-22)15-11-19-20(12-15)21(19)26(36)37/h2-10,13,15,19-21,38H,11-12H2,1H3,(H2,32,33)(H,36,37)/t15-,19+,20-,21-,27-/m1/s1. The zero-order chi connectivity index (χ0) is 27.0. The van der Waals surface area contributed by atoms with Crippen molar-refractivity contribution in [1.29, 1.82) is 0 Å². The number of nitrogen functional groups attached to an aromatic ring is 1. The third kappa shape index (κ3) is 3.82. The molecule has 2 aromatic carbocycles. The Kier molecular flexibility index (Phi) is 5.33. The first-order valence-electron chi connectivity index (χ1n) is 12.3. The van der Waals surface area contributed by atoms with Crippen molar-refractivity contribution in [2.24, 2.45) is 17.8 Å². The Hall–Kier alpha value is -3.92. The number of fused-ring (bicyclic) bond motifs is 2. The van der Waals surface area contributed by atoms with E-state index in [4.69, 9.17) is 10.7 Å². The number of hydrogen-bond acceptors (Lipinski definition) is 5. The topological polar surface area (TPSA) is 114 Å². The van der Waals surface area contributed by atoms with Gasteiger partial charge in [0.15, 0.2) is 0 Å². The van der Waals surface area contributed by atoms with Gasteiger partial charge in [-0.25, -0.2) is 9.97 Å². The minimum absolute atomic E-state index is 0.101. The summed E-state index contributed by atoms with van der Waals surface area (Å²) >= 11 is 0. The third-order valence-corrected chi connectivity index (χ3v) is 8.18. The molecule has 0 spiro atoms. The summed E-state index contributed by atoms with van der Waals surface area (Å²) < 4.78 is 41.6. The minimum Gasteiger partial charge on any atom is -0.481 e. The lowest BCUT2D eigenvalue weighted by molar-refractivity contribution is -0.139. The number of carbonyl (C=O) groups is 1. The molecule has 38 heavy (non-hydrogen) atoms.